The molecule has 1 saturated heterocycles. The molecular weight excluding hydrogens is 304 g/mol. The monoisotopic (exact) mass is 332 g/mol. The van der Waals surface area contributed by atoms with Crippen molar-refractivity contribution in [3.8, 4) is 5.75 Å². The molecule has 1 aromatic carbocycles. The van der Waals surface area contributed by atoms with E-state index < -0.39 is 0 Å². The summed E-state index contributed by atoms with van der Waals surface area (Å²) in [4.78, 5) is 17.1. The number of piperidine rings is 1. The highest BCUT2D eigenvalue weighted by molar-refractivity contribution is 5.80. The highest BCUT2D eigenvalue weighted by Crippen LogP contribution is 2.28. The minimum absolute atomic E-state index is 0.0523. The summed E-state index contributed by atoms with van der Waals surface area (Å²) in [6.45, 7) is 3.30. The molecular formula is C19H28N2O3. The minimum atomic E-state index is -0.0523. The molecule has 2 aliphatic rings. The van der Waals surface area contributed by atoms with Gasteiger partial charge in [-0.25, -0.2) is 0 Å². The van der Waals surface area contributed by atoms with Gasteiger partial charge < -0.3 is 19.6 Å². The number of fused-ring (bicyclic) bond motifs is 1. The van der Waals surface area contributed by atoms with Crippen molar-refractivity contribution >= 4 is 5.91 Å². The molecule has 1 unspecified atom stereocenters. The first kappa shape index (κ1) is 17.2. The Morgan fingerprint density at radius 1 is 1.33 bits per heavy atom. The van der Waals surface area contributed by atoms with Crippen molar-refractivity contribution in [2.24, 2.45) is 5.92 Å². The lowest BCUT2D eigenvalue weighted by molar-refractivity contribution is -0.138. The van der Waals surface area contributed by atoms with Crippen LogP contribution in [0.5, 0.6) is 5.75 Å². The van der Waals surface area contributed by atoms with Gasteiger partial charge in [-0.05, 0) is 44.4 Å². The van der Waals surface area contributed by atoms with Gasteiger partial charge in [0.05, 0.1) is 5.92 Å². The van der Waals surface area contributed by atoms with Gasteiger partial charge in [-0.15, -0.1) is 0 Å². The van der Waals surface area contributed by atoms with Crippen molar-refractivity contribution in [1.29, 1.82) is 0 Å². The van der Waals surface area contributed by atoms with Crippen molar-refractivity contribution in [2.75, 3.05) is 39.9 Å². The van der Waals surface area contributed by atoms with Crippen molar-refractivity contribution < 1.29 is 14.6 Å². The van der Waals surface area contributed by atoms with Crippen LogP contribution in [-0.4, -0.2) is 66.8 Å². The van der Waals surface area contributed by atoms with E-state index in [0.29, 0.717) is 12.6 Å². The number of hydrogen-bond donors (Lipinski definition) is 1. The largest absolute Gasteiger partial charge is 0.492 e. The second-order valence-corrected chi connectivity index (χ2v) is 6.93. The third-order valence-corrected chi connectivity index (χ3v) is 5.30. The number of aliphatic hydroxyl groups excluding tert-OH is 1. The summed E-state index contributed by atoms with van der Waals surface area (Å²) >= 11 is 0. The lowest BCUT2D eigenvalue weighted by Gasteiger charge is -2.38. The van der Waals surface area contributed by atoms with E-state index in [2.05, 4.69) is 18.0 Å². The van der Waals surface area contributed by atoms with E-state index in [9.17, 15) is 4.79 Å². The lowest BCUT2D eigenvalue weighted by Crippen LogP contribution is -2.49. The number of para-hydroxylation sites is 1. The van der Waals surface area contributed by atoms with Crippen molar-refractivity contribution in [3.63, 3.8) is 0 Å². The van der Waals surface area contributed by atoms with Gasteiger partial charge in [-0.2, -0.15) is 0 Å². The Labute approximate surface area is 144 Å². The van der Waals surface area contributed by atoms with Crippen molar-refractivity contribution in [2.45, 2.75) is 31.7 Å². The average Bonchev–Trinajstić information content (AvgIpc) is 2.65. The number of rotatable bonds is 5. The Morgan fingerprint density at radius 3 is 2.83 bits per heavy atom. The molecule has 0 saturated carbocycles. The summed E-state index contributed by atoms with van der Waals surface area (Å²) < 4.78 is 5.77. The second-order valence-electron chi connectivity index (χ2n) is 6.93. The molecule has 24 heavy (non-hydrogen) atoms. The molecule has 1 fully saturated rings. The molecule has 1 N–H and O–H groups in total. The van der Waals surface area contributed by atoms with E-state index in [1.165, 1.54) is 0 Å². The number of benzene rings is 1. The summed E-state index contributed by atoms with van der Waals surface area (Å²) in [5, 5.41) is 8.95. The van der Waals surface area contributed by atoms with Crippen LogP contribution in [0.3, 0.4) is 0 Å². The molecule has 1 atom stereocenters. The maximum atomic E-state index is 12.8. The normalized spacial score (nSPS) is 21.5. The molecule has 0 aliphatic carbocycles. The van der Waals surface area contributed by atoms with E-state index >= 15 is 0 Å². The van der Waals surface area contributed by atoms with Crippen LogP contribution in [0.1, 0.15) is 24.8 Å². The zero-order valence-electron chi connectivity index (χ0n) is 14.5. The number of hydrogen-bond acceptors (Lipinski definition) is 4. The van der Waals surface area contributed by atoms with Gasteiger partial charge in [0, 0.05) is 32.3 Å². The van der Waals surface area contributed by atoms with Crippen molar-refractivity contribution in [1.82, 2.24) is 9.80 Å². The minimum Gasteiger partial charge on any atom is -0.492 e. The predicted octanol–water partition coefficient (Wildman–Crippen LogP) is 1.54. The molecule has 0 radical (unpaired) electrons. The lowest BCUT2D eigenvalue weighted by atomic mass is 9.94. The Balaban J connectivity index is 1.51. The molecule has 5 nitrogen and oxygen atoms in total. The summed E-state index contributed by atoms with van der Waals surface area (Å²) in [6, 6.07) is 8.52. The SMILES string of the molecule is CN(CCCO)C1CCN(C(=O)C2COc3ccccc3C2)CC1. The van der Waals surface area contributed by atoms with Crippen molar-refractivity contribution in [3.05, 3.63) is 29.8 Å². The molecule has 2 aliphatic heterocycles. The van der Waals surface area contributed by atoms with Gasteiger partial charge in [0.15, 0.2) is 0 Å². The van der Waals surface area contributed by atoms with Crippen LogP contribution in [0.4, 0.5) is 0 Å². The molecule has 0 aromatic heterocycles. The first-order chi connectivity index (χ1) is 11.7. The van der Waals surface area contributed by atoms with Gasteiger partial charge in [0.1, 0.15) is 12.4 Å². The van der Waals surface area contributed by atoms with Gasteiger partial charge in [-0.1, -0.05) is 18.2 Å². The zero-order chi connectivity index (χ0) is 16.9. The molecule has 0 spiro atoms. The van der Waals surface area contributed by atoms with Gasteiger partial charge >= 0.3 is 0 Å². The Morgan fingerprint density at radius 2 is 2.08 bits per heavy atom. The highest BCUT2D eigenvalue weighted by atomic mass is 16.5. The fourth-order valence-corrected chi connectivity index (χ4v) is 3.77. The standard InChI is InChI=1S/C19H28N2O3/c1-20(9-4-12-22)17-7-10-21(11-8-17)19(23)16-13-15-5-2-3-6-18(15)24-14-16/h2-3,5-6,16-17,22H,4,7-14H2,1H3. The molecule has 1 amide bonds. The first-order valence-corrected chi connectivity index (χ1v) is 8.99. The number of nitrogens with zero attached hydrogens (tertiary/aromatic N) is 2. The van der Waals surface area contributed by atoms with Crippen LogP contribution in [0.2, 0.25) is 0 Å². The van der Waals surface area contributed by atoms with E-state index in [1.54, 1.807) is 0 Å². The Hall–Kier alpha value is -1.59. The maximum Gasteiger partial charge on any atom is 0.229 e. The topological polar surface area (TPSA) is 53.0 Å². The quantitative estimate of drug-likeness (QED) is 0.889. The van der Waals surface area contributed by atoms with Gasteiger partial charge in [0.25, 0.3) is 0 Å². The van der Waals surface area contributed by atoms with Crippen LogP contribution in [0.25, 0.3) is 0 Å². The van der Waals surface area contributed by atoms with E-state index in [4.69, 9.17) is 9.84 Å². The van der Waals surface area contributed by atoms with E-state index in [1.807, 2.05) is 23.1 Å². The smallest absolute Gasteiger partial charge is 0.229 e. The fourth-order valence-electron chi connectivity index (χ4n) is 3.77. The first-order valence-electron chi connectivity index (χ1n) is 8.99. The third kappa shape index (κ3) is 3.90. The number of carbonyl (C=O) groups is 1. The number of aliphatic hydroxyl groups is 1. The van der Waals surface area contributed by atoms with Gasteiger partial charge in [0.2, 0.25) is 5.91 Å². The number of amides is 1. The summed E-state index contributed by atoms with van der Waals surface area (Å²) in [5.74, 6) is 1.11. The molecule has 5 heteroatoms. The number of likely N-dealkylation sites (tertiary alicyclic amines) is 1. The molecule has 2 heterocycles. The summed E-state index contributed by atoms with van der Waals surface area (Å²) in [5.41, 5.74) is 1.14. The molecule has 1 aromatic rings. The Bertz CT molecular complexity index is 555. The van der Waals surface area contributed by atoms with Crippen LogP contribution >= 0.6 is 0 Å². The van der Waals surface area contributed by atoms with Crippen LogP contribution in [0, 0.1) is 5.92 Å². The maximum absolute atomic E-state index is 12.8. The number of carbonyl (C=O) groups excluding carboxylic acids is 1. The van der Waals surface area contributed by atoms with Crippen LogP contribution in [-0.2, 0) is 11.2 Å². The zero-order valence-corrected chi connectivity index (χ0v) is 14.5. The number of ether oxygens (including phenoxy) is 1. The third-order valence-electron chi connectivity index (χ3n) is 5.30. The Kier molecular flexibility index (Phi) is 5.74. The van der Waals surface area contributed by atoms with E-state index in [0.717, 1.165) is 56.6 Å². The summed E-state index contributed by atoms with van der Waals surface area (Å²) in [7, 11) is 2.11. The predicted molar refractivity (Wildman–Crippen MR) is 93.1 cm³/mol. The van der Waals surface area contributed by atoms with Gasteiger partial charge in [-0.3, -0.25) is 4.79 Å². The van der Waals surface area contributed by atoms with Crippen LogP contribution < -0.4 is 4.74 Å². The second kappa shape index (κ2) is 7.99. The van der Waals surface area contributed by atoms with Crippen LogP contribution in [0.15, 0.2) is 24.3 Å². The molecule has 132 valence electrons. The highest BCUT2D eigenvalue weighted by Gasteiger charge is 2.32. The molecule has 0 bridgehead atoms. The summed E-state index contributed by atoms with van der Waals surface area (Å²) in [6.07, 6.45) is 3.62. The fraction of sp³-hybridized carbons (Fsp3) is 0.632. The molecule has 3 rings (SSSR count). The van der Waals surface area contributed by atoms with E-state index in [-0.39, 0.29) is 18.4 Å². The average molecular weight is 332 g/mol.